The fourth-order valence-corrected chi connectivity index (χ4v) is 2.15. The van der Waals surface area contributed by atoms with Crippen LogP contribution in [0.15, 0.2) is 18.2 Å². The van der Waals surface area contributed by atoms with Gasteiger partial charge in [-0.15, -0.1) is 0 Å². The summed E-state index contributed by atoms with van der Waals surface area (Å²) in [4.78, 5) is 2.22. The first-order chi connectivity index (χ1) is 8.15. The van der Waals surface area contributed by atoms with Crippen molar-refractivity contribution < 1.29 is 4.74 Å². The number of nitrogens with zero attached hydrogens (tertiary/aromatic N) is 2. The first-order valence-electron chi connectivity index (χ1n) is 5.91. The molecule has 0 aliphatic heterocycles. The van der Waals surface area contributed by atoms with Crippen molar-refractivity contribution in [3.8, 4) is 6.07 Å². The maximum absolute atomic E-state index is 9.19. The van der Waals surface area contributed by atoms with Crippen molar-refractivity contribution in [1.29, 1.82) is 5.26 Å². The molecular formula is C14H20N2O. The minimum Gasteiger partial charge on any atom is -0.383 e. The third-order valence-corrected chi connectivity index (χ3v) is 2.93. The second kappa shape index (κ2) is 6.27. The minimum absolute atomic E-state index is 0.262. The number of benzene rings is 1. The number of likely N-dealkylation sites (N-methyl/N-ethyl adjacent to an activating group) is 1. The number of para-hydroxylation sites is 1. The number of anilines is 1. The zero-order chi connectivity index (χ0) is 12.8. The zero-order valence-electron chi connectivity index (χ0n) is 11.0. The van der Waals surface area contributed by atoms with Crippen molar-refractivity contribution in [3.05, 3.63) is 29.3 Å². The lowest BCUT2D eigenvalue weighted by Crippen LogP contribution is -2.37. The van der Waals surface area contributed by atoms with Gasteiger partial charge in [0.1, 0.15) is 6.07 Å². The standard InChI is InChI=1S/C14H20N2O/c1-5-16(12(3)10-17-4)14-11(2)7-6-8-13(14)9-15/h6-8,12H,5,10H2,1-4H3. The molecule has 3 heteroatoms. The molecule has 0 heterocycles. The van der Waals surface area contributed by atoms with E-state index in [4.69, 9.17) is 4.74 Å². The summed E-state index contributed by atoms with van der Waals surface area (Å²) in [7, 11) is 1.70. The highest BCUT2D eigenvalue weighted by atomic mass is 16.5. The SMILES string of the molecule is CCN(c1c(C)cccc1C#N)C(C)COC. The zero-order valence-corrected chi connectivity index (χ0v) is 11.0. The van der Waals surface area contributed by atoms with E-state index in [-0.39, 0.29) is 6.04 Å². The molecular weight excluding hydrogens is 212 g/mol. The Hall–Kier alpha value is -1.53. The molecule has 3 nitrogen and oxygen atoms in total. The number of nitriles is 1. The van der Waals surface area contributed by atoms with E-state index in [0.717, 1.165) is 23.4 Å². The highest BCUT2D eigenvalue weighted by Crippen LogP contribution is 2.26. The summed E-state index contributed by atoms with van der Waals surface area (Å²) >= 11 is 0. The van der Waals surface area contributed by atoms with Crippen LogP contribution in [0.5, 0.6) is 0 Å². The van der Waals surface area contributed by atoms with Crippen molar-refractivity contribution in [2.45, 2.75) is 26.8 Å². The van der Waals surface area contributed by atoms with Gasteiger partial charge in [-0.3, -0.25) is 0 Å². The van der Waals surface area contributed by atoms with E-state index in [0.29, 0.717) is 6.61 Å². The Morgan fingerprint density at radius 2 is 2.18 bits per heavy atom. The summed E-state index contributed by atoms with van der Waals surface area (Å²) in [6.07, 6.45) is 0. The predicted octanol–water partition coefficient (Wildman–Crippen LogP) is 2.73. The van der Waals surface area contributed by atoms with E-state index in [1.54, 1.807) is 7.11 Å². The fourth-order valence-electron chi connectivity index (χ4n) is 2.15. The Morgan fingerprint density at radius 3 is 2.71 bits per heavy atom. The summed E-state index contributed by atoms with van der Waals surface area (Å²) < 4.78 is 5.20. The van der Waals surface area contributed by atoms with Gasteiger partial charge in [-0.25, -0.2) is 0 Å². The molecule has 17 heavy (non-hydrogen) atoms. The molecule has 0 aromatic heterocycles. The maximum Gasteiger partial charge on any atom is 0.101 e. The van der Waals surface area contributed by atoms with Gasteiger partial charge < -0.3 is 9.64 Å². The quantitative estimate of drug-likeness (QED) is 0.783. The van der Waals surface area contributed by atoms with Gasteiger partial charge in [0, 0.05) is 19.7 Å². The van der Waals surface area contributed by atoms with E-state index < -0.39 is 0 Å². The fraction of sp³-hybridized carbons (Fsp3) is 0.500. The van der Waals surface area contributed by atoms with E-state index in [2.05, 4.69) is 24.8 Å². The lowest BCUT2D eigenvalue weighted by Gasteiger charge is -2.31. The van der Waals surface area contributed by atoms with E-state index in [9.17, 15) is 5.26 Å². The van der Waals surface area contributed by atoms with Gasteiger partial charge in [0.2, 0.25) is 0 Å². The summed E-state index contributed by atoms with van der Waals surface area (Å²) in [6, 6.07) is 8.36. The van der Waals surface area contributed by atoms with Crippen LogP contribution in [0.1, 0.15) is 25.0 Å². The van der Waals surface area contributed by atoms with Crippen LogP contribution < -0.4 is 4.90 Å². The van der Waals surface area contributed by atoms with Gasteiger partial charge in [0.25, 0.3) is 0 Å². The van der Waals surface area contributed by atoms with Crippen LogP contribution in [0.25, 0.3) is 0 Å². The lowest BCUT2D eigenvalue weighted by atomic mass is 10.1. The van der Waals surface area contributed by atoms with Crippen LogP contribution in [0.2, 0.25) is 0 Å². The molecule has 1 unspecified atom stereocenters. The number of aryl methyl sites for hydroxylation is 1. The Kier molecular flexibility index (Phi) is 4.99. The Morgan fingerprint density at radius 1 is 1.47 bits per heavy atom. The molecule has 92 valence electrons. The normalized spacial score (nSPS) is 11.9. The molecule has 1 atom stereocenters. The first-order valence-corrected chi connectivity index (χ1v) is 5.91. The van der Waals surface area contributed by atoms with Gasteiger partial charge in [0.05, 0.1) is 17.9 Å². The minimum atomic E-state index is 0.262. The second-order valence-corrected chi connectivity index (χ2v) is 4.17. The Labute approximate surface area is 104 Å². The van der Waals surface area contributed by atoms with Crippen LogP contribution in [0, 0.1) is 18.3 Å². The van der Waals surface area contributed by atoms with Gasteiger partial charge in [0.15, 0.2) is 0 Å². The smallest absolute Gasteiger partial charge is 0.101 e. The van der Waals surface area contributed by atoms with Gasteiger partial charge in [-0.05, 0) is 32.4 Å². The summed E-state index contributed by atoms with van der Waals surface area (Å²) in [5.74, 6) is 0. The third-order valence-electron chi connectivity index (χ3n) is 2.93. The predicted molar refractivity (Wildman–Crippen MR) is 70.3 cm³/mol. The molecule has 0 N–H and O–H groups in total. The number of hydrogen-bond acceptors (Lipinski definition) is 3. The first kappa shape index (κ1) is 13.5. The summed E-state index contributed by atoms with van der Waals surface area (Å²) in [5, 5.41) is 9.19. The van der Waals surface area contributed by atoms with Crippen molar-refractivity contribution in [2.24, 2.45) is 0 Å². The Balaban J connectivity index is 3.16. The number of methoxy groups -OCH3 is 1. The van der Waals surface area contributed by atoms with Crippen LogP contribution in [-0.4, -0.2) is 26.3 Å². The van der Waals surface area contributed by atoms with Gasteiger partial charge in [-0.2, -0.15) is 5.26 Å². The molecule has 0 radical (unpaired) electrons. The average Bonchev–Trinajstić information content (AvgIpc) is 2.32. The number of ether oxygens (including phenoxy) is 1. The molecule has 0 bridgehead atoms. The monoisotopic (exact) mass is 232 g/mol. The summed E-state index contributed by atoms with van der Waals surface area (Å²) in [5.41, 5.74) is 2.89. The largest absolute Gasteiger partial charge is 0.383 e. The third kappa shape index (κ3) is 2.98. The molecule has 1 aromatic carbocycles. The number of rotatable bonds is 5. The molecule has 0 saturated carbocycles. The maximum atomic E-state index is 9.19. The van der Waals surface area contributed by atoms with Gasteiger partial charge in [-0.1, -0.05) is 12.1 Å². The van der Waals surface area contributed by atoms with E-state index in [1.165, 1.54) is 0 Å². The summed E-state index contributed by atoms with van der Waals surface area (Å²) in [6.45, 7) is 7.77. The van der Waals surface area contributed by atoms with Crippen LogP contribution in [0.4, 0.5) is 5.69 Å². The van der Waals surface area contributed by atoms with E-state index in [1.807, 2.05) is 25.1 Å². The van der Waals surface area contributed by atoms with Crippen LogP contribution in [0.3, 0.4) is 0 Å². The highest BCUT2D eigenvalue weighted by Gasteiger charge is 2.17. The topological polar surface area (TPSA) is 36.3 Å². The van der Waals surface area contributed by atoms with Crippen molar-refractivity contribution in [2.75, 3.05) is 25.2 Å². The molecule has 0 aliphatic rings. The molecule has 1 rings (SSSR count). The Bertz CT molecular complexity index is 409. The van der Waals surface area contributed by atoms with Crippen molar-refractivity contribution in [3.63, 3.8) is 0 Å². The van der Waals surface area contributed by atoms with Gasteiger partial charge >= 0.3 is 0 Å². The van der Waals surface area contributed by atoms with Crippen molar-refractivity contribution >= 4 is 5.69 Å². The second-order valence-electron chi connectivity index (χ2n) is 4.17. The molecule has 1 aromatic rings. The molecule has 0 spiro atoms. The van der Waals surface area contributed by atoms with Crippen LogP contribution in [-0.2, 0) is 4.74 Å². The molecule has 0 aliphatic carbocycles. The van der Waals surface area contributed by atoms with E-state index >= 15 is 0 Å². The van der Waals surface area contributed by atoms with Crippen molar-refractivity contribution in [1.82, 2.24) is 0 Å². The lowest BCUT2D eigenvalue weighted by molar-refractivity contribution is 0.182. The van der Waals surface area contributed by atoms with Crippen LogP contribution >= 0.6 is 0 Å². The number of hydrogen-bond donors (Lipinski definition) is 0. The highest BCUT2D eigenvalue weighted by molar-refractivity contribution is 5.64. The molecule has 0 amide bonds. The molecule has 0 saturated heterocycles. The average molecular weight is 232 g/mol. The molecule has 0 fully saturated rings.